The van der Waals surface area contributed by atoms with E-state index in [0.717, 1.165) is 24.2 Å². The molecule has 3 aliphatic rings. The molecule has 1 aromatic heterocycles. The first kappa shape index (κ1) is 10.8. The third-order valence-electron chi connectivity index (χ3n) is 2.92. The van der Waals surface area contributed by atoms with Crippen molar-refractivity contribution in [2.75, 3.05) is 39.5 Å². The SMILES string of the molecule is c1co[c]([Ge]23[O]CCN(CC[O]2)CC[O]3)c1. The molecule has 3 aliphatic heterocycles. The Morgan fingerprint density at radius 2 is 1.62 bits per heavy atom. The molecule has 5 nitrogen and oxygen atoms in total. The molecule has 4 rings (SSSR count). The van der Waals surface area contributed by atoms with Gasteiger partial charge < -0.3 is 0 Å². The first-order valence-electron chi connectivity index (χ1n) is 5.57. The Bertz CT molecular complexity index is 316. The fraction of sp³-hybridized carbons (Fsp3) is 0.600. The van der Waals surface area contributed by atoms with Crippen molar-refractivity contribution in [1.29, 1.82) is 0 Å². The van der Waals surface area contributed by atoms with Gasteiger partial charge in [0.05, 0.1) is 0 Å². The Morgan fingerprint density at radius 3 is 2.12 bits per heavy atom. The summed E-state index contributed by atoms with van der Waals surface area (Å²) < 4.78 is 23.9. The van der Waals surface area contributed by atoms with Gasteiger partial charge in [-0.05, 0) is 0 Å². The van der Waals surface area contributed by atoms with Crippen molar-refractivity contribution >= 4 is 18.9 Å². The summed E-state index contributed by atoms with van der Waals surface area (Å²) >= 11 is -3.31. The number of hydrogen-bond acceptors (Lipinski definition) is 5. The van der Waals surface area contributed by atoms with Crippen molar-refractivity contribution in [3.63, 3.8) is 0 Å². The first-order valence-corrected chi connectivity index (χ1v) is 9.19. The summed E-state index contributed by atoms with van der Waals surface area (Å²) in [5.41, 5.74) is 0. The van der Waals surface area contributed by atoms with E-state index >= 15 is 0 Å². The van der Waals surface area contributed by atoms with Gasteiger partial charge >= 0.3 is 97.3 Å². The van der Waals surface area contributed by atoms with Gasteiger partial charge in [0.15, 0.2) is 0 Å². The number of nitrogens with zero attached hydrogens (tertiary/aromatic N) is 1. The average molecular weight is 286 g/mol. The van der Waals surface area contributed by atoms with Gasteiger partial charge in [-0.3, -0.25) is 0 Å². The van der Waals surface area contributed by atoms with E-state index in [1.165, 1.54) is 0 Å². The van der Waals surface area contributed by atoms with Crippen LogP contribution in [0.15, 0.2) is 22.8 Å². The van der Waals surface area contributed by atoms with Crippen LogP contribution in [0.25, 0.3) is 0 Å². The van der Waals surface area contributed by atoms with Gasteiger partial charge in [-0.25, -0.2) is 0 Å². The molecule has 16 heavy (non-hydrogen) atoms. The van der Waals surface area contributed by atoms with E-state index in [9.17, 15) is 0 Å². The van der Waals surface area contributed by atoms with Crippen LogP contribution in [0.3, 0.4) is 0 Å². The van der Waals surface area contributed by atoms with Gasteiger partial charge in [0.25, 0.3) is 0 Å². The van der Waals surface area contributed by atoms with Crippen LogP contribution >= 0.6 is 0 Å². The molecular weight excluding hydrogens is 271 g/mol. The van der Waals surface area contributed by atoms with Crippen molar-refractivity contribution < 1.29 is 15.7 Å². The molecule has 0 aromatic carbocycles. The van der Waals surface area contributed by atoms with E-state index in [-0.39, 0.29) is 0 Å². The van der Waals surface area contributed by atoms with Crippen molar-refractivity contribution in [3.05, 3.63) is 18.4 Å². The van der Waals surface area contributed by atoms with Crippen LogP contribution < -0.4 is 4.59 Å². The Kier molecular flexibility index (Phi) is 3.04. The molecule has 2 bridgehead atoms. The molecule has 0 spiro atoms. The monoisotopic (exact) mass is 287 g/mol. The van der Waals surface area contributed by atoms with Gasteiger partial charge in [-0.2, -0.15) is 0 Å². The first-order chi connectivity index (χ1) is 7.89. The predicted molar refractivity (Wildman–Crippen MR) is 58.4 cm³/mol. The molecule has 88 valence electrons. The molecule has 3 saturated heterocycles. The van der Waals surface area contributed by atoms with E-state index in [1.807, 2.05) is 12.1 Å². The number of rotatable bonds is 1. The third-order valence-corrected chi connectivity index (χ3v) is 8.46. The van der Waals surface area contributed by atoms with Crippen LogP contribution in [0.4, 0.5) is 0 Å². The van der Waals surface area contributed by atoms with Crippen LogP contribution in [0.1, 0.15) is 0 Å². The van der Waals surface area contributed by atoms with Gasteiger partial charge in [0.1, 0.15) is 0 Å². The van der Waals surface area contributed by atoms with Crippen LogP contribution in [0, 0.1) is 0 Å². The quantitative estimate of drug-likeness (QED) is 0.669. The van der Waals surface area contributed by atoms with Crippen LogP contribution in [-0.2, 0) is 11.3 Å². The van der Waals surface area contributed by atoms with Crippen molar-refractivity contribution in [2.45, 2.75) is 0 Å². The number of hydrogen-bond donors (Lipinski definition) is 0. The van der Waals surface area contributed by atoms with Gasteiger partial charge in [0.2, 0.25) is 0 Å². The second-order valence-corrected chi connectivity index (χ2v) is 9.11. The summed E-state index contributed by atoms with van der Waals surface area (Å²) in [6, 6.07) is 3.76. The normalized spacial score (nSPS) is 35.4. The van der Waals surface area contributed by atoms with E-state index in [0.29, 0.717) is 19.8 Å². The number of furan rings is 1. The molecule has 0 N–H and O–H groups in total. The summed E-state index contributed by atoms with van der Waals surface area (Å²) in [6.45, 7) is 4.88. The van der Waals surface area contributed by atoms with Crippen LogP contribution in [-0.4, -0.2) is 58.6 Å². The molecule has 0 unspecified atom stereocenters. The molecule has 4 heterocycles. The van der Waals surface area contributed by atoms with Crippen molar-refractivity contribution in [3.8, 4) is 0 Å². The van der Waals surface area contributed by atoms with E-state index in [4.69, 9.17) is 15.7 Å². The van der Waals surface area contributed by atoms with Gasteiger partial charge in [0, 0.05) is 0 Å². The summed E-state index contributed by atoms with van der Waals surface area (Å²) in [5.74, 6) is 0. The van der Waals surface area contributed by atoms with Crippen LogP contribution in [0.5, 0.6) is 0 Å². The van der Waals surface area contributed by atoms with Crippen molar-refractivity contribution in [1.82, 2.24) is 4.90 Å². The average Bonchev–Trinajstić information content (AvgIpc) is 2.68. The maximum absolute atomic E-state index is 5.89. The molecule has 0 atom stereocenters. The predicted octanol–water partition coefficient (Wildman–Crippen LogP) is -0.195. The summed E-state index contributed by atoms with van der Waals surface area (Å²) in [4.78, 5) is 2.30. The zero-order valence-electron chi connectivity index (χ0n) is 9.05. The van der Waals surface area contributed by atoms with Gasteiger partial charge in [-0.1, -0.05) is 0 Å². The summed E-state index contributed by atoms with van der Waals surface area (Å²) in [7, 11) is 0. The summed E-state index contributed by atoms with van der Waals surface area (Å²) in [6.07, 6.45) is 1.65. The van der Waals surface area contributed by atoms with E-state index in [1.54, 1.807) is 6.26 Å². The zero-order chi connectivity index (χ0) is 10.8. The molecule has 0 aliphatic carbocycles. The second kappa shape index (κ2) is 4.50. The minimum atomic E-state index is -3.31. The summed E-state index contributed by atoms with van der Waals surface area (Å²) in [5, 5.41) is 0. The minimum absolute atomic E-state index is 0.667. The van der Waals surface area contributed by atoms with E-state index in [2.05, 4.69) is 4.90 Å². The molecule has 6 heteroatoms. The standard InChI is InChI=1S/C10H15GeNO4/c1-2-10(13-6-1)11-14-7-3-12(4-8-15-11)5-9-16-11/h1-2,6H,3-5,7-9H2. The molecular formula is C10H15GeNO4. The molecule has 3 fully saturated rings. The Labute approximate surface area is 97.6 Å². The Balaban J connectivity index is 1.90. The fourth-order valence-corrected chi connectivity index (χ4v) is 6.82. The fourth-order valence-electron chi connectivity index (χ4n) is 2.05. The molecule has 0 radical (unpaired) electrons. The third kappa shape index (κ3) is 1.93. The van der Waals surface area contributed by atoms with E-state index < -0.39 is 14.3 Å². The molecule has 0 amide bonds. The second-order valence-electron chi connectivity index (χ2n) is 3.92. The molecule has 0 saturated carbocycles. The van der Waals surface area contributed by atoms with Crippen LogP contribution in [0.2, 0.25) is 0 Å². The Hall–Kier alpha value is -0.337. The van der Waals surface area contributed by atoms with Crippen molar-refractivity contribution in [2.24, 2.45) is 0 Å². The maximum atomic E-state index is 5.89. The number of fused-ring (bicyclic) bond motifs is 6. The Morgan fingerprint density at radius 1 is 1.00 bits per heavy atom. The zero-order valence-corrected chi connectivity index (χ0v) is 11.2. The molecule has 1 aromatic rings. The topological polar surface area (TPSA) is 44.1 Å². The van der Waals surface area contributed by atoms with Gasteiger partial charge in [-0.15, -0.1) is 0 Å².